The van der Waals surface area contributed by atoms with Crippen molar-refractivity contribution in [1.29, 1.82) is 0 Å². The zero-order valence-corrected chi connectivity index (χ0v) is 15.6. The normalized spacial score (nSPS) is 17.0. The van der Waals surface area contributed by atoms with Crippen molar-refractivity contribution in [2.75, 3.05) is 26.7 Å². The molecule has 0 saturated carbocycles. The first kappa shape index (κ1) is 22.7. The van der Waals surface area contributed by atoms with Crippen LogP contribution in [0.2, 0.25) is 0 Å². The molecule has 29 heavy (non-hydrogen) atoms. The van der Waals surface area contributed by atoms with E-state index in [1.54, 1.807) is 0 Å². The van der Waals surface area contributed by atoms with Crippen molar-refractivity contribution in [3.63, 3.8) is 0 Å². The molecular weight excluding hydrogens is 402 g/mol. The summed E-state index contributed by atoms with van der Waals surface area (Å²) in [5.41, 5.74) is 5.70. The third-order valence-electron chi connectivity index (χ3n) is 4.43. The highest BCUT2D eigenvalue weighted by Gasteiger charge is 2.41. The van der Waals surface area contributed by atoms with Gasteiger partial charge in [0.15, 0.2) is 11.6 Å². The van der Waals surface area contributed by atoms with Crippen LogP contribution in [0, 0.1) is 17.5 Å². The van der Waals surface area contributed by atoms with E-state index in [1.807, 2.05) is 0 Å². The van der Waals surface area contributed by atoms with Gasteiger partial charge in [-0.25, -0.2) is 13.2 Å². The van der Waals surface area contributed by atoms with Crippen LogP contribution in [0.25, 0.3) is 0 Å². The molecule has 11 heteroatoms. The second-order valence-corrected chi connectivity index (χ2v) is 6.60. The molecule has 5 nitrogen and oxygen atoms in total. The van der Waals surface area contributed by atoms with Gasteiger partial charge in [0.1, 0.15) is 5.82 Å². The van der Waals surface area contributed by atoms with Crippen LogP contribution in [-0.4, -0.2) is 60.4 Å². The Morgan fingerprint density at radius 1 is 1.21 bits per heavy atom. The van der Waals surface area contributed by atoms with Crippen LogP contribution in [-0.2, 0) is 11.2 Å². The molecule has 0 bridgehead atoms. The van der Waals surface area contributed by atoms with Crippen molar-refractivity contribution in [1.82, 2.24) is 9.80 Å². The minimum atomic E-state index is -4.65. The summed E-state index contributed by atoms with van der Waals surface area (Å²) in [6.07, 6.45) is -5.11. The van der Waals surface area contributed by atoms with E-state index in [4.69, 9.17) is 5.73 Å². The van der Waals surface area contributed by atoms with Crippen molar-refractivity contribution in [2.45, 2.75) is 25.1 Å². The fourth-order valence-corrected chi connectivity index (χ4v) is 3.06. The predicted octanol–water partition coefficient (Wildman–Crippen LogP) is 2.61. The first-order chi connectivity index (χ1) is 13.4. The fraction of sp³-hybridized carbons (Fsp3) is 0.444. The molecule has 0 radical (unpaired) electrons. The Morgan fingerprint density at radius 2 is 1.83 bits per heavy atom. The van der Waals surface area contributed by atoms with E-state index in [-0.39, 0.29) is 43.7 Å². The van der Waals surface area contributed by atoms with Gasteiger partial charge in [-0.15, -0.1) is 0 Å². The van der Waals surface area contributed by atoms with Gasteiger partial charge in [-0.1, -0.05) is 6.58 Å². The van der Waals surface area contributed by atoms with E-state index < -0.39 is 41.4 Å². The van der Waals surface area contributed by atoms with Crippen molar-refractivity contribution in [3.8, 4) is 0 Å². The predicted molar refractivity (Wildman–Crippen MR) is 94.5 cm³/mol. The number of benzene rings is 1. The number of carbonyl (C=O) groups is 1. The quantitative estimate of drug-likeness (QED) is 0.351. The van der Waals surface area contributed by atoms with Gasteiger partial charge in [-0.2, -0.15) is 13.2 Å². The van der Waals surface area contributed by atoms with Gasteiger partial charge in [0, 0.05) is 44.4 Å². The molecule has 1 fully saturated rings. The molecule has 0 aliphatic carbocycles. The largest absolute Gasteiger partial charge is 0.449 e. The molecule has 1 aromatic carbocycles. The van der Waals surface area contributed by atoms with Gasteiger partial charge in [0.2, 0.25) is 11.7 Å². The lowest BCUT2D eigenvalue weighted by Gasteiger charge is -2.38. The molecule has 0 unspecified atom stereocenters. The summed E-state index contributed by atoms with van der Waals surface area (Å²) in [5.74, 6) is -5.11. The van der Waals surface area contributed by atoms with Crippen LogP contribution in [0.5, 0.6) is 0 Å². The topological polar surface area (TPSA) is 61.9 Å². The number of nitrogens with two attached hydrogens (primary N) is 1. The average molecular weight is 422 g/mol. The Balaban J connectivity index is 1.97. The molecule has 1 amide bonds. The number of aliphatic imine (C=N–C) groups is 1. The minimum absolute atomic E-state index is 0.0147. The zero-order valence-electron chi connectivity index (χ0n) is 15.6. The van der Waals surface area contributed by atoms with Gasteiger partial charge >= 0.3 is 6.18 Å². The third-order valence-corrected chi connectivity index (χ3v) is 4.43. The van der Waals surface area contributed by atoms with Gasteiger partial charge < -0.3 is 15.5 Å². The Labute approximate surface area is 163 Å². The zero-order chi connectivity index (χ0) is 21.9. The van der Waals surface area contributed by atoms with Crippen molar-refractivity contribution < 1.29 is 31.1 Å². The molecule has 1 atom stereocenters. The SMILES string of the molecule is C=C1CN(C(=O)C[C@H](N)Cc2cc(F)c(F)cc2F)CCN1/C(=N\C)C(F)(F)F. The Hall–Kier alpha value is -2.56. The third kappa shape index (κ3) is 5.49. The number of hydrogen-bond donors (Lipinski definition) is 1. The summed E-state index contributed by atoms with van der Waals surface area (Å²) >= 11 is 0. The fourth-order valence-electron chi connectivity index (χ4n) is 3.06. The molecule has 2 N–H and O–H groups in total. The van der Waals surface area contributed by atoms with E-state index in [9.17, 15) is 31.1 Å². The summed E-state index contributed by atoms with van der Waals surface area (Å²) in [4.78, 5) is 17.8. The lowest BCUT2D eigenvalue weighted by Crippen LogP contribution is -2.52. The maximum Gasteiger partial charge on any atom is 0.449 e. The number of nitrogens with zero attached hydrogens (tertiary/aromatic N) is 3. The number of rotatable bonds is 4. The first-order valence-corrected chi connectivity index (χ1v) is 8.60. The second kappa shape index (κ2) is 8.85. The monoisotopic (exact) mass is 422 g/mol. The number of halogens is 6. The number of piperazine rings is 1. The number of hydrogen-bond acceptors (Lipinski definition) is 3. The Morgan fingerprint density at radius 3 is 2.38 bits per heavy atom. The number of amides is 1. The van der Waals surface area contributed by atoms with E-state index in [2.05, 4.69) is 11.6 Å². The van der Waals surface area contributed by atoms with E-state index >= 15 is 0 Å². The van der Waals surface area contributed by atoms with Crippen LogP contribution in [0.15, 0.2) is 29.4 Å². The molecule has 0 aromatic heterocycles. The highest BCUT2D eigenvalue weighted by atomic mass is 19.4. The van der Waals surface area contributed by atoms with Crippen LogP contribution < -0.4 is 5.73 Å². The standard InChI is InChI=1S/C18H20F6N4O/c1-10-9-27(3-4-28(10)17(26-2)18(22,23)24)16(29)7-12(25)5-11-6-14(20)15(21)8-13(11)19/h6,8,12H,1,3-5,7,9,25H2,2H3/b26-17-/t12-/m1/s1. The molecule has 1 aliphatic rings. The Bertz CT molecular complexity index is 823. The van der Waals surface area contributed by atoms with Crippen LogP contribution in [0.1, 0.15) is 12.0 Å². The number of alkyl halides is 3. The van der Waals surface area contributed by atoms with Crippen molar-refractivity contribution >= 4 is 11.7 Å². The highest BCUT2D eigenvalue weighted by molar-refractivity contribution is 5.89. The maximum absolute atomic E-state index is 13.7. The van der Waals surface area contributed by atoms with Crippen LogP contribution >= 0.6 is 0 Å². The van der Waals surface area contributed by atoms with Crippen LogP contribution in [0.4, 0.5) is 26.3 Å². The lowest BCUT2D eigenvalue weighted by molar-refractivity contribution is -0.132. The summed E-state index contributed by atoms with van der Waals surface area (Å²) in [6, 6.07) is 0.185. The average Bonchev–Trinajstić information content (AvgIpc) is 2.60. The Kier molecular flexibility index (Phi) is 6.93. The smallest absolute Gasteiger partial charge is 0.335 e. The summed E-state index contributed by atoms with van der Waals surface area (Å²) < 4.78 is 79.0. The summed E-state index contributed by atoms with van der Waals surface area (Å²) in [5, 5.41) is 0. The molecule has 1 saturated heterocycles. The van der Waals surface area contributed by atoms with Gasteiger partial charge in [-0.3, -0.25) is 9.79 Å². The molecule has 0 spiro atoms. The summed E-state index contributed by atoms with van der Waals surface area (Å²) in [7, 11) is 1.02. The number of amidine groups is 1. The van der Waals surface area contributed by atoms with Crippen molar-refractivity contribution in [2.24, 2.45) is 10.7 Å². The second-order valence-electron chi connectivity index (χ2n) is 6.60. The summed E-state index contributed by atoms with van der Waals surface area (Å²) in [6.45, 7) is 3.26. The first-order valence-electron chi connectivity index (χ1n) is 8.60. The van der Waals surface area contributed by atoms with E-state index in [1.165, 1.54) is 4.90 Å². The van der Waals surface area contributed by atoms with Crippen molar-refractivity contribution in [3.05, 3.63) is 47.4 Å². The van der Waals surface area contributed by atoms with Gasteiger partial charge in [-0.05, 0) is 18.1 Å². The highest BCUT2D eigenvalue weighted by Crippen LogP contribution is 2.25. The molecule has 1 aliphatic heterocycles. The van der Waals surface area contributed by atoms with Gasteiger partial charge in [0.25, 0.3) is 0 Å². The molecule has 1 heterocycles. The maximum atomic E-state index is 13.7. The van der Waals surface area contributed by atoms with E-state index in [0.29, 0.717) is 12.1 Å². The van der Waals surface area contributed by atoms with Crippen LogP contribution in [0.3, 0.4) is 0 Å². The van der Waals surface area contributed by atoms with E-state index in [0.717, 1.165) is 11.9 Å². The number of carbonyl (C=O) groups excluding carboxylic acids is 1. The lowest BCUT2D eigenvalue weighted by atomic mass is 10.0. The molecule has 160 valence electrons. The van der Waals surface area contributed by atoms with Gasteiger partial charge in [0.05, 0.1) is 6.54 Å². The minimum Gasteiger partial charge on any atom is -0.335 e. The molecular formula is C18H20F6N4O. The molecule has 2 rings (SSSR count). The molecule has 1 aromatic rings.